The van der Waals surface area contributed by atoms with Crippen LogP contribution in [0.5, 0.6) is 0 Å². The van der Waals surface area contributed by atoms with E-state index in [0.29, 0.717) is 18.0 Å². The van der Waals surface area contributed by atoms with Gasteiger partial charge < -0.3 is 11.1 Å². The van der Waals surface area contributed by atoms with Crippen LogP contribution in [0.2, 0.25) is 0 Å². The van der Waals surface area contributed by atoms with Crippen LogP contribution < -0.4 is 11.1 Å². The van der Waals surface area contributed by atoms with Crippen molar-refractivity contribution >= 4 is 17.2 Å². The molecule has 0 bridgehead atoms. The monoisotopic (exact) mass is 290 g/mol. The van der Waals surface area contributed by atoms with Gasteiger partial charge >= 0.3 is 0 Å². The number of rotatable bonds is 3. The van der Waals surface area contributed by atoms with E-state index in [2.05, 4.69) is 24.1 Å². The summed E-state index contributed by atoms with van der Waals surface area (Å²) >= 11 is 1.49. The van der Waals surface area contributed by atoms with E-state index in [0.717, 1.165) is 17.3 Å². The molecule has 0 aliphatic heterocycles. The standard InChI is InChI=1S/C16H22N2OS/c1-12-4-6-13(7-5-12)10-18-16(19)14-9-15(20-11-14)3-2-8-17/h9,11-13H,4-8,10,17H2,1H3,(H,18,19). The summed E-state index contributed by atoms with van der Waals surface area (Å²) in [6.45, 7) is 3.45. The van der Waals surface area contributed by atoms with Crippen LogP contribution in [0.15, 0.2) is 11.4 Å². The maximum atomic E-state index is 12.1. The smallest absolute Gasteiger partial charge is 0.252 e. The van der Waals surface area contributed by atoms with Crippen molar-refractivity contribution in [3.8, 4) is 11.8 Å². The lowest BCUT2D eigenvalue weighted by atomic mass is 9.83. The average molecular weight is 290 g/mol. The molecule has 0 spiro atoms. The third-order valence-electron chi connectivity index (χ3n) is 3.86. The Hall–Kier alpha value is -1.31. The molecule has 0 saturated heterocycles. The summed E-state index contributed by atoms with van der Waals surface area (Å²) in [5.41, 5.74) is 6.04. The minimum absolute atomic E-state index is 0.0145. The molecule has 1 aliphatic carbocycles. The summed E-state index contributed by atoms with van der Waals surface area (Å²) in [4.78, 5) is 13.0. The van der Waals surface area contributed by atoms with Gasteiger partial charge in [0.05, 0.1) is 17.0 Å². The first-order valence-corrected chi connectivity index (χ1v) is 8.12. The number of nitrogens with one attached hydrogen (secondary N) is 1. The summed E-state index contributed by atoms with van der Waals surface area (Å²) < 4.78 is 0. The van der Waals surface area contributed by atoms with E-state index in [4.69, 9.17) is 5.73 Å². The maximum Gasteiger partial charge on any atom is 0.252 e. The Morgan fingerprint density at radius 1 is 1.45 bits per heavy atom. The fraction of sp³-hybridized carbons (Fsp3) is 0.562. The Balaban J connectivity index is 1.81. The first-order chi connectivity index (χ1) is 9.69. The van der Waals surface area contributed by atoms with Crippen molar-refractivity contribution in [3.63, 3.8) is 0 Å². The van der Waals surface area contributed by atoms with Crippen molar-refractivity contribution in [3.05, 3.63) is 21.9 Å². The normalized spacial score (nSPS) is 21.9. The van der Waals surface area contributed by atoms with Crippen LogP contribution in [0.1, 0.15) is 47.8 Å². The second-order valence-electron chi connectivity index (χ2n) is 5.54. The number of hydrogen-bond donors (Lipinski definition) is 2. The molecule has 3 N–H and O–H groups in total. The maximum absolute atomic E-state index is 12.1. The Kier molecular flexibility index (Phi) is 5.63. The molecule has 3 nitrogen and oxygen atoms in total. The summed E-state index contributed by atoms with van der Waals surface area (Å²) in [6, 6.07) is 1.84. The number of hydrogen-bond acceptors (Lipinski definition) is 3. The van der Waals surface area contributed by atoms with Crippen LogP contribution in [0.4, 0.5) is 0 Å². The predicted molar refractivity (Wildman–Crippen MR) is 83.7 cm³/mol. The van der Waals surface area contributed by atoms with Crippen LogP contribution in [0, 0.1) is 23.7 Å². The van der Waals surface area contributed by atoms with E-state index in [1.54, 1.807) is 0 Å². The van der Waals surface area contributed by atoms with E-state index in [9.17, 15) is 4.79 Å². The number of amides is 1. The molecule has 0 atom stereocenters. The highest BCUT2D eigenvalue weighted by molar-refractivity contribution is 7.10. The van der Waals surface area contributed by atoms with Gasteiger partial charge in [-0.15, -0.1) is 11.3 Å². The minimum atomic E-state index is 0.0145. The van der Waals surface area contributed by atoms with Gasteiger partial charge in [0.1, 0.15) is 0 Å². The first kappa shape index (κ1) is 15.1. The molecule has 108 valence electrons. The topological polar surface area (TPSA) is 55.1 Å². The molecule has 1 fully saturated rings. The molecule has 2 rings (SSSR count). The Morgan fingerprint density at radius 2 is 2.20 bits per heavy atom. The third-order valence-corrected chi connectivity index (χ3v) is 4.71. The molecule has 1 aliphatic rings. The lowest BCUT2D eigenvalue weighted by Crippen LogP contribution is -2.30. The van der Waals surface area contributed by atoms with E-state index in [-0.39, 0.29) is 5.91 Å². The number of thiophene rings is 1. The van der Waals surface area contributed by atoms with Crippen molar-refractivity contribution in [2.75, 3.05) is 13.1 Å². The average Bonchev–Trinajstić information content (AvgIpc) is 2.93. The van der Waals surface area contributed by atoms with Crippen molar-refractivity contribution in [2.45, 2.75) is 32.6 Å². The lowest BCUT2D eigenvalue weighted by Gasteiger charge is -2.26. The molecule has 1 aromatic heterocycles. The highest BCUT2D eigenvalue weighted by Gasteiger charge is 2.19. The molecule has 0 radical (unpaired) electrons. The highest BCUT2D eigenvalue weighted by atomic mass is 32.1. The van der Waals surface area contributed by atoms with Gasteiger partial charge in [-0.25, -0.2) is 0 Å². The fourth-order valence-electron chi connectivity index (χ4n) is 2.53. The Labute approximate surface area is 124 Å². The summed E-state index contributed by atoms with van der Waals surface area (Å²) in [7, 11) is 0. The molecule has 1 aromatic rings. The second-order valence-corrected chi connectivity index (χ2v) is 6.45. The lowest BCUT2D eigenvalue weighted by molar-refractivity contribution is 0.0942. The van der Waals surface area contributed by atoms with Gasteiger partial charge in [0.2, 0.25) is 0 Å². The molecule has 1 saturated carbocycles. The van der Waals surface area contributed by atoms with Crippen LogP contribution in [0.25, 0.3) is 0 Å². The Bertz CT molecular complexity index is 504. The van der Waals surface area contributed by atoms with Crippen LogP contribution in [-0.2, 0) is 0 Å². The zero-order valence-electron chi connectivity index (χ0n) is 11.9. The molecule has 4 heteroatoms. The molecule has 20 heavy (non-hydrogen) atoms. The van der Waals surface area contributed by atoms with Gasteiger partial charge in [0.25, 0.3) is 5.91 Å². The van der Waals surface area contributed by atoms with Crippen LogP contribution in [0.3, 0.4) is 0 Å². The summed E-state index contributed by atoms with van der Waals surface area (Å²) in [5, 5.41) is 4.91. The number of carbonyl (C=O) groups is 1. The van der Waals surface area contributed by atoms with Crippen molar-refractivity contribution in [1.29, 1.82) is 0 Å². The van der Waals surface area contributed by atoms with Crippen molar-refractivity contribution in [2.24, 2.45) is 17.6 Å². The van der Waals surface area contributed by atoms with Gasteiger partial charge in [-0.2, -0.15) is 0 Å². The number of nitrogens with two attached hydrogens (primary N) is 1. The van der Waals surface area contributed by atoms with Gasteiger partial charge in [0, 0.05) is 11.9 Å². The number of carbonyl (C=O) groups excluding carboxylic acids is 1. The molecule has 0 aromatic carbocycles. The molecule has 1 amide bonds. The minimum Gasteiger partial charge on any atom is -0.352 e. The largest absolute Gasteiger partial charge is 0.352 e. The molecular formula is C16H22N2OS. The van der Waals surface area contributed by atoms with E-state index >= 15 is 0 Å². The second kappa shape index (κ2) is 7.47. The third kappa shape index (κ3) is 4.36. The van der Waals surface area contributed by atoms with Crippen LogP contribution in [-0.4, -0.2) is 19.0 Å². The molecule has 1 heterocycles. The van der Waals surface area contributed by atoms with E-state index in [1.165, 1.54) is 37.0 Å². The van der Waals surface area contributed by atoms with Crippen molar-refractivity contribution < 1.29 is 4.79 Å². The SMILES string of the molecule is CC1CCC(CNC(=O)c2csc(C#CCN)c2)CC1. The van der Waals surface area contributed by atoms with Crippen molar-refractivity contribution in [1.82, 2.24) is 5.32 Å². The zero-order valence-corrected chi connectivity index (χ0v) is 12.8. The van der Waals surface area contributed by atoms with Crippen LogP contribution >= 0.6 is 11.3 Å². The van der Waals surface area contributed by atoms with Gasteiger partial charge in [-0.1, -0.05) is 31.6 Å². The fourth-order valence-corrected chi connectivity index (χ4v) is 3.29. The summed E-state index contributed by atoms with van der Waals surface area (Å²) in [6.07, 6.45) is 5.05. The molecule has 0 unspecified atom stereocenters. The highest BCUT2D eigenvalue weighted by Crippen LogP contribution is 2.27. The quantitative estimate of drug-likeness (QED) is 0.841. The van der Waals surface area contributed by atoms with Gasteiger partial charge in [-0.3, -0.25) is 4.79 Å². The summed E-state index contributed by atoms with van der Waals surface area (Å²) in [5.74, 6) is 7.26. The van der Waals surface area contributed by atoms with E-state index in [1.807, 2.05) is 11.4 Å². The molecular weight excluding hydrogens is 268 g/mol. The van der Waals surface area contributed by atoms with E-state index < -0.39 is 0 Å². The predicted octanol–water partition coefficient (Wildman–Crippen LogP) is 2.61. The first-order valence-electron chi connectivity index (χ1n) is 7.24. The van der Waals surface area contributed by atoms with Gasteiger partial charge in [0.15, 0.2) is 0 Å². The Morgan fingerprint density at radius 3 is 2.90 bits per heavy atom. The van der Waals surface area contributed by atoms with Gasteiger partial charge in [-0.05, 0) is 30.7 Å². The zero-order chi connectivity index (χ0) is 14.4.